The number of hydrogen-bond donors (Lipinski definition) is 0. The molecule has 1 aromatic heterocycles. The first-order valence-corrected chi connectivity index (χ1v) is 8.12. The van der Waals surface area contributed by atoms with Gasteiger partial charge in [0.1, 0.15) is 0 Å². The number of para-hydroxylation sites is 1. The van der Waals surface area contributed by atoms with E-state index in [1.54, 1.807) is 44.4 Å². The molecule has 3 aromatic rings. The van der Waals surface area contributed by atoms with Crippen molar-refractivity contribution < 1.29 is 18.8 Å². The van der Waals surface area contributed by atoms with Crippen molar-refractivity contribution in [1.29, 1.82) is 0 Å². The number of anilines is 1. The molecule has 0 N–H and O–H groups in total. The highest BCUT2D eigenvalue weighted by Crippen LogP contribution is 2.32. The smallest absolute Gasteiger partial charge is 0.232 e. The fourth-order valence-electron chi connectivity index (χ4n) is 2.59. The van der Waals surface area contributed by atoms with Gasteiger partial charge in [-0.3, -0.25) is 4.79 Å². The zero-order valence-electron chi connectivity index (χ0n) is 14.9. The van der Waals surface area contributed by atoms with Gasteiger partial charge in [-0.1, -0.05) is 23.4 Å². The fourth-order valence-corrected chi connectivity index (χ4v) is 2.59. The third kappa shape index (κ3) is 3.69. The van der Waals surface area contributed by atoms with E-state index >= 15 is 0 Å². The molecule has 0 saturated heterocycles. The summed E-state index contributed by atoms with van der Waals surface area (Å²) in [4.78, 5) is 14.1. The van der Waals surface area contributed by atoms with Crippen molar-refractivity contribution in [3.8, 4) is 22.8 Å². The van der Waals surface area contributed by atoms with Crippen LogP contribution in [0.25, 0.3) is 11.3 Å². The first-order valence-electron chi connectivity index (χ1n) is 8.12. The minimum Gasteiger partial charge on any atom is -0.493 e. The molecule has 0 bridgehead atoms. The molecule has 1 heterocycles. The van der Waals surface area contributed by atoms with Gasteiger partial charge in [0.2, 0.25) is 5.91 Å². The molecular formula is C20H20N2O4. The van der Waals surface area contributed by atoms with Crippen LogP contribution in [0.15, 0.2) is 59.1 Å². The lowest BCUT2D eigenvalue weighted by molar-refractivity contribution is -0.117. The summed E-state index contributed by atoms with van der Waals surface area (Å²) in [5, 5.41) is 4.01. The van der Waals surface area contributed by atoms with Gasteiger partial charge in [0.15, 0.2) is 17.3 Å². The summed E-state index contributed by atoms with van der Waals surface area (Å²) in [6.07, 6.45) is 0.155. The summed E-state index contributed by atoms with van der Waals surface area (Å²) in [6.45, 7) is 0. The van der Waals surface area contributed by atoms with E-state index < -0.39 is 0 Å². The number of amides is 1. The summed E-state index contributed by atoms with van der Waals surface area (Å²) in [6, 6.07) is 16.7. The van der Waals surface area contributed by atoms with Crippen LogP contribution in [0.5, 0.6) is 11.5 Å². The largest absolute Gasteiger partial charge is 0.493 e. The Bertz CT molecular complexity index is 890. The Kier molecular flexibility index (Phi) is 5.22. The van der Waals surface area contributed by atoms with E-state index in [0.29, 0.717) is 23.0 Å². The number of carbonyl (C=O) groups is 1. The number of aromatic nitrogens is 1. The Morgan fingerprint density at radius 2 is 1.77 bits per heavy atom. The van der Waals surface area contributed by atoms with Crippen LogP contribution in [0, 0.1) is 0 Å². The lowest BCUT2D eigenvalue weighted by Crippen LogP contribution is -2.27. The Morgan fingerprint density at radius 1 is 1.04 bits per heavy atom. The summed E-state index contributed by atoms with van der Waals surface area (Å²) >= 11 is 0. The molecule has 0 radical (unpaired) electrons. The lowest BCUT2D eigenvalue weighted by atomic mass is 10.1. The van der Waals surface area contributed by atoms with Gasteiger partial charge >= 0.3 is 0 Å². The molecule has 0 saturated carbocycles. The summed E-state index contributed by atoms with van der Waals surface area (Å²) < 4.78 is 15.9. The molecule has 0 fully saturated rings. The van der Waals surface area contributed by atoms with Crippen molar-refractivity contribution in [2.75, 3.05) is 26.2 Å². The lowest BCUT2D eigenvalue weighted by Gasteiger charge is -2.16. The van der Waals surface area contributed by atoms with Gasteiger partial charge in [0, 0.05) is 24.4 Å². The zero-order valence-corrected chi connectivity index (χ0v) is 14.9. The second-order valence-electron chi connectivity index (χ2n) is 5.72. The number of nitrogens with zero attached hydrogens (tertiary/aromatic N) is 2. The number of benzene rings is 2. The molecule has 2 aromatic carbocycles. The van der Waals surface area contributed by atoms with Gasteiger partial charge < -0.3 is 18.9 Å². The molecule has 1 amide bonds. The van der Waals surface area contributed by atoms with Crippen LogP contribution in [0.1, 0.15) is 5.69 Å². The molecule has 0 aliphatic heterocycles. The molecule has 0 aliphatic carbocycles. The Morgan fingerprint density at radius 3 is 2.46 bits per heavy atom. The molecule has 134 valence electrons. The van der Waals surface area contributed by atoms with Crippen LogP contribution in [0.4, 0.5) is 5.69 Å². The van der Waals surface area contributed by atoms with E-state index in [-0.39, 0.29) is 12.3 Å². The first-order chi connectivity index (χ1) is 12.6. The maximum Gasteiger partial charge on any atom is 0.232 e. The normalized spacial score (nSPS) is 10.4. The molecular weight excluding hydrogens is 332 g/mol. The third-order valence-electron chi connectivity index (χ3n) is 4.08. The minimum atomic E-state index is -0.0663. The minimum absolute atomic E-state index is 0.0663. The number of likely N-dealkylation sites (N-methyl/N-ethyl adjacent to an activating group) is 1. The van der Waals surface area contributed by atoms with Crippen LogP contribution in [-0.2, 0) is 11.2 Å². The zero-order chi connectivity index (χ0) is 18.5. The highest BCUT2D eigenvalue weighted by Gasteiger charge is 2.16. The van der Waals surface area contributed by atoms with Gasteiger partial charge in [0.05, 0.1) is 26.3 Å². The summed E-state index contributed by atoms with van der Waals surface area (Å²) in [5.74, 6) is 1.73. The standard InChI is InChI=1S/C20H20N2O4/c1-22(16-7-5-4-6-8-16)20(23)13-15-12-18(26-21-15)14-9-10-17(24-2)19(11-14)25-3/h4-12H,13H2,1-3H3. The van der Waals surface area contributed by atoms with Gasteiger partial charge in [-0.05, 0) is 30.3 Å². The van der Waals surface area contributed by atoms with Crippen LogP contribution in [0.3, 0.4) is 0 Å². The van der Waals surface area contributed by atoms with Crippen molar-refractivity contribution in [3.63, 3.8) is 0 Å². The maximum atomic E-state index is 12.5. The third-order valence-corrected chi connectivity index (χ3v) is 4.08. The molecule has 0 spiro atoms. The Balaban J connectivity index is 1.75. The van der Waals surface area contributed by atoms with E-state index in [2.05, 4.69) is 5.16 Å². The van der Waals surface area contributed by atoms with E-state index in [1.165, 1.54) is 0 Å². The second-order valence-corrected chi connectivity index (χ2v) is 5.72. The van der Waals surface area contributed by atoms with Gasteiger partial charge in [-0.2, -0.15) is 0 Å². The number of hydrogen-bond acceptors (Lipinski definition) is 5. The number of methoxy groups -OCH3 is 2. The predicted octanol–water partition coefficient (Wildman–Crippen LogP) is 3.56. The molecule has 26 heavy (non-hydrogen) atoms. The number of rotatable bonds is 6. The van der Waals surface area contributed by atoms with Crippen molar-refractivity contribution in [2.45, 2.75) is 6.42 Å². The maximum absolute atomic E-state index is 12.5. The average Bonchev–Trinajstić information content (AvgIpc) is 3.15. The Labute approximate surface area is 151 Å². The van der Waals surface area contributed by atoms with Crippen LogP contribution >= 0.6 is 0 Å². The van der Waals surface area contributed by atoms with Crippen molar-refractivity contribution >= 4 is 11.6 Å². The van der Waals surface area contributed by atoms with Crippen LogP contribution in [0.2, 0.25) is 0 Å². The topological polar surface area (TPSA) is 64.8 Å². The van der Waals surface area contributed by atoms with E-state index in [9.17, 15) is 4.79 Å². The Hall–Kier alpha value is -3.28. The quantitative estimate of drug-likeness (QED) is 0.679. The average molecular weight is 352 g/mol. The molecule has 3 rings (SSSR count). The predicted molar refractivity (Wildman–Crippen MR) is 98.6 cm³/mol. The fraction of sp³-hybridized carbons (Fsp3) is 0.200. The van der Waals surface area contributed by atoms with Gasteiger partial charge in [-0.15, -0.1) is 0 Å². The first kappa shape index (κ1) is 17.5. The van der Waals surface area contributed by atoms with Crippen molar-refractivity contribution in [3.05, 3.63) is 60.3 Å². The molecule has 0 aliphatic rings. The molecule has 6 heteroatoms. The van der Waals surface area contributed by atoms with E-state index in [0.717, 1.165) is 11.3 Å². The summed E-state index contributed by atoms with van der Waals surface area (Å²) in [5.41, 5.74) is 2.20. The monoisotopic (exact) mass is 352 g/mol. The highest BCUT2D eigenvalue weighted by atomic mass is 16.5. The van der Waals surface area contributed by atoms with Gasteiger partial charge in [0.25, 0.3) is 0 Å². The molecule has 0 unspecified atom stereocenters. The number of ether oxygens (including phenoxy) is 2. The molecule has 6 nitrogen and oxygen atoms in total. The van der Waals surface area contributed by atoms with Crippen molar-refractivity contribution in [1.82, 2.24) is 5.16 Å². The summed E-state index contributed by atoms with van der Waals surface area (Å²) in [7, 11) is 4.90. The van der Waals surface area contributed by atoms with Crippen LogP contribution in [-0.4, -0.2) is 32.3 Å². The number of carbonyl (C=O) groups excluding carboxylic acids is 1. The van der Waals surface area contributed by atoms with Crippen LogP contribution < -0.4 is 14.4 Å². The SMILES string of the molecule is COc1ccc(-c2cc(CC(=O)N(C)c3ccccc3)no2)cc1OC. The second kappa shape index (κ2) is 7.74. The molecule has 0 atom stereocenters. The highest BCUT2D eigenvalue weighted by molar-refractivity contribution is 5.94. The van der Waals surface area contributed by atoms with Crippen molar-refractivity contribution in [2.24, 2.45) is 0 Å². The van der Waals surface area contributed by atoms with Gasteiger partial charge in [-0.25, -0.2) is 0 Å². The van der Waals surface area contributed by atoms with E-state index in [4.69, 9.17) is 14.0 Å². The van der Waals surface area contributed by atoms with E-state index in [1.807, 2.05) is 36.4 Å².